The van der Waals surface area contributed by atoms with Crippen molar-refractivity contribution in [3.8, 4) is 5.75 Å². The summed E-state index contributed by atoms with van der Waals surface area (Å²) in [6.07, 6.45) is 0.933. The highest BCUT2D eigenvalue weighted by atomic mass is 16.5. The van der Waals surface area contributed by atoms with Crippen LogP contribution in [0, 0.1) is 6.92 Å². The number of hydrogen-bond donors (Lipinski definition) is 0. The zero-order chi connectivity index (χ0) is 13.0. The fraction of sp³-hybridized carbons (Fsp3) is 0.188. The molecular weight excluding hydrogens is 224 g/mol. The summed E-state index contributed by atoms with van der Waals surface area (Å²) in [5.74, 6) is 0.285. The molecule has 0 atom stereocenters. The molecule has 0 heterocycles. The summed E-state index contributed by atoms with van der Waals surface area (Å²) in [5, 5.41) is 0. The van der Waals surface area contributed by atoms with Gasteiger partial charge in [-0.25, -0.2) is 4.79 Å². The summed E-state index contributed by atoms with van der Waals surface area (Å²) in [7, 11) is 0. The van der Waals surface area contributed by atoms with Gasteiger partial charge in [0.25, 0.3) is 0 Å². The van der Waals surface area contributed by atoms with Crippen LogP contribution in [0.5, 0.6) is 5.75 Å². The second kappa shape index (κ2) is 5.50. The average Bonchev–Trinajstić information content (AvgIpc) is 2.42. The lowest BCUT2D eigenvalue weighted by molar-refractivity contribution is 0.0734. The topological polar surface area (TPSA) is 26.3 Å². The van der Waals surface area contributed by atoms with Crippen molar-refractivity contribution >= 4 is 5.97 Å². The van der Waals surface area contributed by atoms with Gasteiger partial charge < -0.3 is 4.74 Å². The number of ether oxygens (including phenoxy) is 1. The molecule has 0 aliphatic rings. The smallest absolute Gasteiger partial charge is 0.343 e. The number of aryl methyl sites for hydroxylation is 2. The van der Waals surface area contributed by atoms with Crippen LogP contribution < -0.4 is 4.74 Å². The minimum absolute atomic E-state index is 0.318. The van der Waals surface area contributed by atoms with Crippen molar-refractivity contribution in [1.29, 1.82) is 0 Å². The highest BCUT2D eigenvalue weighted by Gasteiger charge is 2.08. The maximum Gasteiger partial charge on any atom is 0.343 e. The highest BCUT2D eigenvalue weighted by Crippen LogP contribution is 2.19. The van der Waals surface area contributed by atoms with Crippen LogP contribution >= 0.6 is 0 Å². The first-order valence-corrected chi connectivity index (χ1v) is 6.07. The minimum Gasteiger partial charge on any atom is -0.423 e. The van der Waals surface area contributed by atoms with E-state index in [4.69, 9.17) is 4.74 Å². The summed E-state index contributed by atoms with van der Waals surface area (Å²) in [5.41, 5.74) is 2.99. The lowest BCUT2D eigenvalue weighted by Crippen LogP contribution is -2.08. The normalized spacial score (nSPS) is 10.1. The summed E-state index contributed by atoms with van der Waals surface area (Å²) in [6.45, 7) is 4.15. The molecule has 0 radical (unpaired) electrons. The summed E-state index contributed by atoms with van der Waals surface area (Å²) in [6, 6.07) is 14.7. The van der Waals surface area contributed by atoms with Crippen LogP contribution in [-0.2, 0) is 6.42 Å². The number of carbonyl (C=O) groups excluding carboxylic acids is 1. The Kier molecular flexibility index (Phi) is 3.78. The molecule has 2 rings (SSSR count). The molecule has 0 aliphatic heterocycles. The third-order valence-electron chi connectivity index (χ3n) is 2.92. The van der Waals surface area contributed by atoms with Gasteiger partial charge in [0.15, 0.2) is 0 Å². The largest absolute Gasteiger partial charge is 0.423 e. The molecule has 0 N–H and O–H groups in total. The molecule has 0 saturated carbocycles. The molecule has 2 aromatic carbocycles. The van der Waals surface area contributed by atoms with Crippen LogP contribution in [0.2, 0.25) is 0 Å². The summed E-state index contributed by atoms with van der Waals surface area (Å²) >= 11 is 0. The first-order valence-electron chi connectivity index (χ1n) is 6.07. The Bertz CT molecular complexity index is 544. The maximum atomic E-state index is 11.9. The monoisotopic (exact) mass is 240 g/mol. The van der Waals surface area contributed by atoms with Crippen LogP contribution in [0.15, 0.2) is 48.5 Å². The van der Waals surface area contributed by atoms with Crippen LogP contribution in [-0.4, -0.2) is 5.97 Å². The molecule has 18 heavy (non-hydrogen) atoms. The second-order valence-corrected chi connectivity index (χ2v) is 4.20. The predicted molar refractivity (Wildman–Crippen MR) is 72.0 cm³/mol. The molecule has 0 saturated heterocycles. The van der Waals surface area contributed by atoms with Crippen LogP contribution in [0.25, 0.3) is 0 Å². The van der Waals surface area contributed by atoms with Crippen molar-refractivity contribution in [3.05, 3.63) is 65.2 Å². The van der Waals surface area contributed by atoms with Crippen LogP contribution in [0.1, 0.15) is 28.4 Å². The molecule has 0 unspecified atom stereocenters. The van der Waals surface area contributed by atoms with Gasteiger partial charge in [0, 0.05) is 0 Å². The molecule has 0 amide bonds. The number of rotatable bonds is 3. The zero-order valence-electron chi connectivity index (χ0n) is 10.6. The number of benzene rings is 2. The van der Waals surface area contributed by atoms with E-state index in [0.29, 0.717) is 11.3 Å². The quantitative estimate of drug-likeness (QED) is 0.603. The van der Waals surface area contributed by atoms with E-state index in [1.807, 2.05) is 36.4 Å². The first kappa shape index (κ1) is 12.4. The Hall–Kier alpha value is -2.09. The Balaban J connectivity index is 2.17. The highest BCUT2D eigenvalue weighted by molar-refractivity contribution is 5.90. The second-order valence-electron chi connectivity index (χ2n) is 4.20. The molecule has 2 aromatic rings. The molecule has 0 fully saturated rings. The SMILES string of the molecule is CCc1cc(OC(=O)c2ccccc2)ccc1C. The Labute approximate surface area is 107 Å². The molecule has 0 aliphatic carbocycles. The average molecular weight is 240 g/mol. The molecule has 0 aromatic heterocycles. The third-order valence-corrected chi connectivity index (χ3v) is 2.92. The fourth-order valence-corrected chi connectivity index (χ4v) is 1.83. The van der Waals surface area contributed by atoms with Crippen molar-refractivity contribution in [2.24, 2.45) is 0 Å². The van der Waals surface area contributed by atoms with E-state index in [1.165, 1.54) is 11.1 Å². The van der Waals surface area contributed by atoms with Gasteiger partial charge in [-0.3, -0.25) is 0 Å². The molecule has 2 nitrogen and oxygen atoms in total. The Morgan fingerprint density at radius 3 is 2.50 bits per heavy atom. The van der Waals surface area contributed by atoms with Crippen molar-refractivity contribution in [2.45, 2.75) is 20.3 Å². The maximum absolute atomic E-state index is 11.9. The van der Waals surface area contributed by atoms with Crippen LogP contribution in [0.3, 0.4) is 0 Å². The Morgan fingerprint density at radius 2 is 1.83 bits per heavy atom. The van der Waals surface area contributed by atoms with Gasteiger partial charge in [0.2, 0.25) is 0 Å². The van der Waals surface area contributed by atoms with Gasteiger partial charge in [0.1, 0.15) is 5.75 Å². The van der Waals surface area contributed by atoms with Gasteiger partial charge in [-0.2, -0.15) is 0 Å². The van der Waals surface area contributed by atoms with E-state index in [2.05, 4.69) is 13.8 Å². The van der Waals surface area contributed by atoms with Gasteiger partial charge in [-0.15, -0.1) is 0 Å². The molecule has 92 valence electrons. The van der Waals surface area contributed by atoms with Crippen molar-refractivity contribution < 1.29 is 9.53 Å². The zero-order valence-corrected chi connectivity index (χ0v) is 10.6. The van der Waals surface area contributed by atoms with Gasteiger partial charge in [-0.05, 0) is 48.7 Å². The Morgan fingerprint density at radius 1 is 1.11 bits per heavy atom. The third kappa shape index (κ3) is 2.77. The molecule has 0 bridgehead atoms. The molecule has 0 spiro atoms. The molecule has 2 heteroatoms. The van der Waals surface area contributed by atoms with E-state index in [9.17, 15) is 4.79 Å². The van der Waals surface area contributed by atoms with E-state index in [-0.39, 0.29) is 5.97 Å². The standard InChI is InChI=1S/C16H16O2/c1-3-13-11-15(10-9-12(13)2)18-16(17)14-7-5-4-6-8-14/h4-11H,3H2,1-2H3. The predicted octanol–water partition coefficient (Wildman–Crippen LogP) is 3.78. The van der Waals surface area contributed by atoms with Crippen molar-refractivity contribution in [3.63, 3.8) is 0 Å². The lowest BCUT2D eigenvalue weighted by Gasteiger charge is -2.08. The molecular formula is C16H16O2. The van der Waals surface area contributed by atoms with Crippen molar-refractivity contribution in [2.75, 3.05) is 0 Å². The van der Waals surface area contributed by atoms with Crippen LogP contribution in [0.4, 0.5) is 0 Å². The van der Waals surface area contributed by atoms with Gasteiger partial charge >= 0.3 is 5.97 Å². The number of carbonyl (C=O) groups is 1. The van der Waals surface area contributed by atoms with E-state index in [1.54, 1.807) is 12.1 Å². The summed E-state index contributed by atoms with van der Waals surface area (Å²) in [4.78, 5) is 11.9. The van der Waals surface area contributed by atoms with Crippen molar-refractivity contribution in [1.82, 2.24) is 0 Å². The summed E-state index contributed by atoms with van der Waals surface area (Å²) < 4.78 is 5.36. The first-order chi connectivity index (χ1) is 8.70. The van der Waals surface area contributed by atoms with E-state index < -0.39 is 0 Å². The van der Waals surface area contributed by atoms with Gasteiger partial charge in [0.05, 0.1) is 5.56 Å². The number of esters is 1. The van der Waals surface area contributed by atoms with Gasteiger partial charge in [-0.1, -0.05) is 31.2 Å². The fourth-order valence-electron chi connectivity index (χ4n) is 1.83. The minimum atomic E-state index is -0.318. The van der Waals surface area contributed by atoms with E-state index >= 15 is 0 Å². The van der Waals surface area contributed by atoms with E-state index in [0.717, 1.165) is 6.42 Å². The lowest BCUT2D eigenvalue weighted by atomic mass is 10.1. The number of hydrogen-bond acceptors (Lipinski definition) is 2.